The smallest absolute Gasteiger partial charge is 0.307 e. The first-order valence-electron chi connectivity index (χ1n) is 5.95. The van der Waals surface area contributed by atoms with Gasteiger partial charge < -0.3 is 4.57 Å². The Morgan fingerprint density at radius 2 is 2.10 bits per heavy atom. The molecule has 2 aromatic heterocycles. The fraction of sp³-hybridized carbons (Fsp3) is 0.455. The fourth-order valence-corrected chi connectivity index (χ4v) is 1.75. The predicted molar refractivity (Wildman–Crippen MR) is 62.9 cm³/mol. The minimum Gasteiger partial charge on any atom is -0.307 e. The molecule has 6 nitrogen and oxygen atoms in total. The second kappa shape index (κ2) is 5.43. The van der Waals surface area contributed by atoms with Crippen LogP contribution in [0.15, 0.2) is 23.1 Å². The summed E-state index contributed by atoms with van der Waals surface area (Å²) in [6.45, 7) is 2.35. The summed E-state index contributed by atoms with van der Waals surface area (Å²) in [5.41, 5.74) is -2.31. The van der Waals surface area contributed by atoms with E-state index in [1.54, 1.807) is 0 Å². The van der Waals surface area contributed by atoms with E-state index < -0.39 is 17.3 Å². The Kier molecular flexibility index (Phi) is 3.86. The molecule has 0 N–H and O–H groups in total. The Labute approximate surface area is 111 Å². The third kappa shape index (κ3) is 2.86. The summed E-state index contributed by atoms with van der Waals surface area (Å²) in [4.78, 5) is 11.8. The molecule has 0 fully saturated rings. The monoisotopic (exact) mass is 287 g/mol. The van der Waals surface area contributed by atoms with Crippen molar-refractivity contribution < 1.29 is 13.2 Å². The summed E-state index contributed by atoms with van der Waals surface area (Å²) < 4.78 is 40.4. The number of hydrogen-bond donors (Lipinski definition) is 0. The normalized spacial score (nSPS) is 11.8. The molecule has 0 radical (unpaired) electrons. The molecule has 20 heavy (non-hydrogen) atoms. The summed E-state index contributed by atoms with van der Waals surface area (Å²) in [5.74, 6) is 0.341. The van der Waals surface area contributed by atoms with E-state index >= 15 is 0 Å². The molecule has 108 valence electrons. The zero-order valence-electron chi connectivity index (χ0n) is 10.6. The maximum atomic E-state index is 12.6. The number of nitrogens with zero attached hydrogens (tertiary/aromatic N) is 5. The first kappa shape index (κ1) is 14.2. The fourth-order valence-electron chi connectivity index (χ4n) is 1.75. The van der Waals surface area contributed by atoms with Gasteiger partial charge in [0.05, 0.1) is 6.54 Å². The molecule has 0 aliphatic carbocycles. The molecule has 0 amide bonds. The number of rotatable bonds is 4. The number of aromatic nitrogens is 5. The highest BCUT2D eigenvalue weighted by Crippen LogP contribution is 2.25. The van der Waals surface area contributed by atoms with Gasteiger partial charge in [-0.25, -0.2) is 4.68 Å². The molecule has 0 aromatic carbocycles. The summed E-state index contributed by atoms with van der Waals surface area (Å²) in [7, 11) is 0. The quantitative estimate of drug-likeness (QED) is 0.850. The molecule has 0 atom stereocenters. The van der Waals surface area contributed by atoms with E-state index in [9.17, 15) is 18.0 Å². The van der Waals surface area contributed by atoms with Crippen molar-refractivity contribution in [3.8, 4) is 0 Å². The number of halogens is 3. The lowest BCUT2D eigenvalue weighted by Gasteiger charge is -2.10. The van der Waals surface area contributed by atoms with Gasteiger partial charge in [0.15, 0.2) is 5.82 Å². The Morgan fingerprint density at radius 3 is 2.75 bits per heavy atom. The number of pyridine rings is 1. The number of tetrazole rings is 1. The molecule has 2 rings (SSSR count). The molecule has 0 saturated carbocycles. The zero-order chi connectivity index (χ0) is 14.8. The lowest BCUT2D eigenvalue weighted by atomic mass is 10.2. The summed E-state index contributed by atoms with van der Waals surface area (Å²) in [6, 6.07) is 1.94. The van der Waals surface area contributed by atoms with Gasteiger partial charge in [-0.1, -0.05) is 6.92 Å². The number of alkyl halides is 3. The zero-order valence-corrected chi connectivity index (χ0v) is 10.6. The first-order valence-corrected chi connectivity index (χ1v) is 5.95. The van der Waals surface area contributed by atoms with Crippen LogP contribution in [0.2, 0.25) is 0 Å². The largest absolute Gasteiger partial charge is 0.421 e. The summed E-state index contributed by atoms with van der Waals surface area (Å²) >= 11 is 0. The van der Waals surface area contributed by atoms with Crippen LogP contribution in [0.4, 0.5) is 13.2 Å². The molecule has 9 heteroatoms. The van der Waals surface area contributed by atoms with Gasteiger partial charge in [-0.05, 0) is 29.0 Å². The third-order valence-corrected chi connectivity index (χ3v) is 2.68. The highest BCUT2D eigenvalue weighted by molar-refractivity contribution is 5.14. The highest BCUT2D eigenvalue weighted by atomic mass is 19.4. The molecular formula is C11H12F3N5O. The number of aryl methyl sites for hydroxylation is 1. The van der Waals surface area contributed by atoms with Crippen molar-refractivity contribution in [2.75, 3.05) is 0 Å². The van der Waals surface area contributed by atoms with Crippen molar-refractivity contribution in [1.82, 2.24) is 24.8 Å². The molecular weight excluding hydrogens is 275 g/mol. The molecule has 0 bridgehead atoms. The molecule has 0 spiro atoms. The van der Waals surface area contributed by atoms with Crippen LogP contribution < -0.4 is 5.56 Å². The predicted octanol–water partition coefficient (Wildman–Crippen LogP) is 1.31. The molecule has 0 unspecified atom stereocenters. The first-order chi connectivity index (χ1) is 9.43. The average Bonchev–Trinajstić information content (AvgIpc) is 2.78. The van der Waals surface area contributed by atoms with E-state index in [4.69, 9.17) is 0 Å². The summed E-state index contributed by atoms with van der Waals surface area (Å²) in [6.07, 6.45) is -2.62. The van der Waals surface area contributed by atoms with Gasteiger partial charge in [-0.3, -0.25) is 4.79 Å². The van der Waals surface area contributed by atoms with E-state index in [-0.39, 0.29) is 6.54 Å². The molecule has 2 aromatic rings. The van der Waals surface area contributed by atoms with Gasteiger partial charge in [-0.2, -0.15) is 13.2 Å². The Balaban J connectivity index is 2.35. The van der Waals surface area contributed by atoms with Crippen LogP contribution in [-0.4, -0.2) is 24.8 Å². The van der Waals surface area contributed by atoms with E-state index in [2.05, 4.69) is 15.5 Å². The van der Waals surface area contributed by atoms with Crippen molar-refractivity contribution in [3.05, 3.63) is 40.1 Å². The van der Waals surface area contributed by atoms with Crippen molar-refractivity contribution in [3.63, 3.8) is 0 Å². The maximum absolute atomic E-state index is 12.6. The van der Waals surface area contributed by atoms with Crippen molar-refractivity contribution in [2.24, 2.45) is 0 Å². The number of hydrogen-bond acceptors (Lipinski definition) is 4. The Morgan fingerprint density at radius 1 is 1.35 bits per heavy atom. The molecule has 0 saturated heterocycles. The van der Waals surface area contributed by atoms with Crippen LogP contribution in [0.5, 0.6) is 0 Å². The van der Waals surface area contributed by atoms with Gasteiger partial charge in [0.25, 0.3) is 5.56 Å². The lowest BCUT2D eigenvalue weighted by Crippen LogP contribution is -2.29. The molecule has 2 heterocycles. The topological polar surface area (TPSA) is 65.6 Å². The van der Waals surface area contributed by atoms with Crippen LogP contribution in [0, 0.1) is 0 Å². The Bertz CT molecular complexity index is 646. The SMILES string of the molecule is CCCn1nnnc1Cn1cccc(C(F)(F)F)c1=O. The standard InChI is InChI=1S/C11H12F3N5O/c1-2-5-19-9(15-16-17-19)7-18-6-3-4-8(10(18)20)11(12,13)14/h3-4,6H,2,5,7H2,1H3. The van der Waals surface area contributed by atoms with E-state index in [1.807, 2.05) is 6.92 Å². The molecule has 0 aliphatic rings. The van der Waals surface area contributed by atoms with Crippen LogP contribution in [0.1, 0.15) is 24.7 Å². The second-order valence-electron chi connectivity index (χ2n) is 4.17. The van der Waals surface area contributed by atoms with Crippen LogP contribution in [-0.2, 0) is 19.3 Å². The van der Waals surface area contributed by atoms with E-state index in [0.717, 1.165) is 17.1 Å². The van der Waals surface area contributed by atoms with Crippen molar-refractivity contribution in [1.29, 1.82) is 0 Å². The van der Waals surface area contributed by atoms with Crippen molar-refractivity contribution in [2.45, 2.75) is 32.6 Å². The second-order valence-corrected chi connectivity index (χ2v) is 4.17. The molecule has 0 aliphatic heterocycles. The van der Waals surface area contributed by atoms with E-state index in [1.165, 1.54) is 16.9 Å². The van der Waals surface area contributed by atoms with Gasteiger partial charge in [-0.15, -0.1) is 5.10 Å². The third-order valence-electron chi connectivity index (χ3n) is 2.68. The maximum Gasteiger partial charge on any atom is 0.421 e. The highest BCUT2D eigenvalue weighted by Gasteiger charge is 2.34. The van der Waals surface area contributed by atoms with Gasteiger partial charge in [0, 0.05) is 12.7 Å². The Hall–Kier alpha value is -2.19. The summed E-state index contributed by atoms with van der Waals surface area (Å²) in [5, 5.41) is 10.9. The van der Waals surface area contributed by atoms with Crippen molar-refractivity contribution >= 4 is 0 Å². The average molecular weight is 287 g/mol. The van der Waals surface area contributed by atoms with Crippen LogP contribution in [0.3, 0.4) is 0 Å². The van der Waals surface area contributed by atoms with E-state index in [0.29, 0.717) is 12.4 Å². The van der Waals surface area contributed by atoms with Gasteiger partial charge >= 0.3 is 6.18 Å². The van der Waals surface area contributed by atoms with Gasteiger partial charge in [0.2, 0.25) is 0 Å². The lowest BCUT2D eigenvalue weighted by molar-refractivity contribution is -0.138. The van der Waals surface area contributed by atoms with Crippen LogP contribution >= 0.6 is 0 Å². The van der Waals surface area contributed by atoms with Gasteiger partial charge in [0.1, 0.15) is 5.56 Å². The van der Waals surface area contributed by atoms with Crippen LogP contribution in [0.25, 0.3) is 0 Å². The minimum absolute atomic E-state index is 0.101. The minimum atomic E-state index is -4.67.